The van der Waals surface area contributed by atoms with Gasteiger partial charge in [-0.25, -0.2) is 0 Å². The maximum Gasteiger partial charge on any atom is 0.258 e. The summed E-state index contributed by atoms with van der Waals surface area (Å²) in [4.78, 5) is 11.9. The summed E-state index contributed by atoms with van der Waals surface area (Å²) < 4.78 is 5.43. The zero-order valence-electron chi connectivity index (χ0n) is 12.0. The van der Waals surface area contributed by atoms with Crippen LogP contribution in [0.25, 0.3) is 0 Å². The highest BCUT2D eigenvalue weighted by molar-refractivity contribution is 5.78. The van der Waals surface area contributed by atoms with E-state index in [1.165, 1.54) is 0 Å². The predicted molar refractivity (Wildman–Crippen MR) is 76.2 cm³/mol. The first-order chi connectivity index (χ1) is 9.53. The molecule has 2 rings (SSSR count). The van der Waals surface area contributed by atoms with Crippen molar-refractivity contribution in [3.8, 4) is 11.8 Å². The van der Waals surface area contributed by atoms with E-state index < -0.39 is 0 Å². The van der Waals surface area contributed by atoms with Gasteiger partial charge in [-0.1, -0.05) is 32.4 Å². The molecule has 20 heavy (non-hydrogen) atoms. The van der Waals surface area contributed by atoms with E-state index in [2.05, 4.69) is 19.2 Å². The van der Waals surface area contributed by atoms with Crippen LogP contribution in [-0.2, 0) is 4.79 Å². The molecule has 0 bridgehead atoms. The third kappa shape index (κ3) is 3.30. The SMILES string of the molecule is CC1(C)CCCC1NC(=O)COc1ccccc1C#N. The number of nitrogens with one attached hydrogen (secondary N) is 1. The highest BCUT2D eigenvalue weighted by atomic mass is 16.5. The maximum atomic E-state index is 11.9. The van der Waals surface area contributed by atoms with Gasteiger partial charge in [0.1, 0.15) is 11.8 Å². The topological polar surface area (TPSA) is 62.1 Å². The zero-order valence-corrected chi connectivity index (χ0v) is 12.0. The lowest BCUT2D eigenvalue weighted by Gasteiger charge is -2.27. The molecule has 1 fully saturated rings. The molecule has 106 valence electrons. The van der Waals surface area contributed by atoms with Crippen molar-refractivity contribution in [1.82, 2.24) is 5.32 Å². The number of carbonyl (C=O) groups is 1. The Labute approximate surface area is 119 Å². The number of carbonyl (C=O) groups excluding carboxylic acids is 1. The minimum absolute atomic E-state index is 0.0503. The number of amides is 1. The molecular formula is C16H20N2O2. The third-order valence-corrected chi connectivity index (χ3v) is 3.96. The average Bonchev–Trinajstić information content (AvgIpc) is 2.76. The second-order valence-corrected chi connectivity index (χ2v) is 5.90. The lowest BCUT2D eigenvalue weighted by Crippen LogP contribution is -2.43. The Balaban J connectivity index is 1.88. The van der Waals surface area contributed by atoms with E-state index in [4.69, 9.17) is 10.00 Å². The number of ether oxygens (including phenoxy) is 1. The van der Waals surface area contributed by atoms with Crippen LogP contribution in [-0.4, -0.2) is 18.6 Å². The fourth-order valence-electron chi connectivity index (χ4n) is 2.66. The van der Waals surface area contributed by atoms with Crippen LogP contribution in [0.3, 0.4) is 0 Å². The van der Waals surface area contributed by atoms with Gasteiger partial charge in [-0.2, -0.15) is 5.26 Å². The van der Waals surface area contributed by atoms with Gasteiger partial charge in [0.25, 0.3) is 5.91 Å². The molecule has 4 heteroatoms. The molecule has 0 spiro atoms. The van der Waals surface area contributed by atoms with E-state index in [9.17, 15) is 4.79 Å². The zero-order chi connectivity index (χ0) is 14.6. The van der Waals surface area contributed by atoms with Crippen molar-refractivity contribution in [3.05, 3.63) is 29.8 Å². The van der Waals surface area contributed by atoms with Crippen molar-refractivity contribution >= 4 is 5.91 Å². The summed E-state index contributed by atoms with van der Waals surface area (Å²) in [6, 6.07) is 9.19. The molecular weight excluding hydrogens is 252 g/mol. The van der Waals surface area contributed by atoms with Gasteiger partial charge < -0.3 is 10.1 Å². The number of nitrogens with zero attached hydrogens (tertiary/aromatic N) is 1. The molecule has 1 aliphatic rings. The van der Waals surface area contributed by atoms with Crippen molar-refractivity contribution in [2.75, 3.05) is 6.61 Å². The van der Waals surface area contributed by atoms with Crippen LogP contribution in [0, 0.1) is 16.7 Å². The van der Waals surface area contributed by atoms with Crippen LogP contribution >= 0.6 is 0 Å². The van der Waals surface area contributed by atoms with Crippen LogP contribution in [0.2, 0.25) is 0 Å². The van der Waals surface area contributed by atoms with E-state index in [1.54, 1.807) is 24.3 Å². The van der Waals surface area contributed by atoms with Crippen molar-refractivity contribution in [3.63, 3.8) is 0 Å². The summed E-state index contributed by atoms with van der Waals surface area (Å²) in [5.41, 5.74) is 0.599. The number of nitriles is 1. The second-order valence-electron chi connectivity index (χ2n) is 5.90. The van der Waals surface area contributed by atoms with Crippen molar-refractivity contribution in [2.45, 2.75) is 39.2 Å². The molecule has 0 heterocycles. The number of rotatable bonds is 4. The molecule has 4 nitrogen and oxygen atoms in total. The number of benzene rings is 1. The van der Waals surface area contributed by atoms with Crippen LogP contribution in [0.5, 0.6) is 5.75 Å². The Kier molecular flexibility index (Phi) is 4.29. The normalized spacial score (nSPS) is 20.1. The van der Waals surface area contributed by atoms with Crippen LogP contribution < -0.4 is 10.1 Å². The predicted octanol–water partition coefficient (Wildman–Crippen LogP) is 2.63. The van der Waals surface area contributed by atoms with E-state index in [0.29, 0.717) is 11.3 Å². The minimum Gasteiger partial charge on any atom is -0.482 e. The van der Waals surface area contributed by atoms with Crippen molar-refractivity contribution in [1.29, 1.82) is 5.26 Å². The van der Waals surface area contributed by atoms with Gasteiger partial charge >= 0.3 is 0 Å². The third-order valence-electron chi connectivity index (χ3n) is 3.96. The Morgan fingerprint density at radius 1 is 1.50 bits per heavy atom. The quantitative estimate of drug-likeness (QED) is 0.916. The molecule has 1 aliphatic carbocycles. The molecule has 1 atom stereocenters. The van der Waals surface area contributed by atoms with Gasteiger partial charge in [-0.05, 0) is 30.4 Å². The highest BCUT2D eigenvalue weighted by Crippen LogP contribution is 2.37. The van der Waals surface area contributed by atoms with Gasteiger partial charge in [0, 0.05) is 6.04 Å². The molecule has 1 aromatic carbocycles. The Bertz CT molecular complexity index is 532. The maximum absolute atomic E-state index is 11.9. The van der Waals surface area contributed by atoms with Crippen LogP contribution in [0.4, 0.5) is 0 Å². The largest absolute Gasteiger partial charge is 0.482 e. The smallest absolute Gasteiger partial charge is 0.258 e. The van der Waals surface area contributed by atoms with E-state index >= 15 is 0 Å². The highest BCUT2D eigenvalue weighted by Gasteiger charge is 2.35. The number of hydrogen-bond donors (Lipinski definition) is 1. The molecule has 0 aliphatic heterocycles. The first-order valence-corrected chi connectivity index (χ1v) is 6.94. The van der Waals surface area contributed by atoms with Crippen LogP contribution in [0.1, 0.15) is 38.7 Å². The lowest BCUT2D eigenvalue weighted by atomic mass is 9.87. The molecule has 1 saturated carbocycles. The van der Waals surface area contributed by atoms with Gasteiger partial charge in [-0.3, -0.25) is 4.79 Å². The standard InChI is InChI=1S/C16H20N2O2/c1-16(2)9-5-8-14(16)18-15(19)11-20-13-7-4-3-6-12(13)10-17/h3-4,6-7,14H,5,8-9,11H2,1-2H3,(H,18,19). The number of para-hydroxylation sites is 1. The van der Waals surface area contributed by atoms with Gasteiger partial charge in [0.05, 0.1) is 5.56 Å². The molecule has 1 N–H and O–H groups in total. The van der Waals surface area contributed by atoms with Crippen LogP contribution in [0.15, 0.2) is 24.3 Å². The molecule has 1 aromatic rings. The lowest BCUT2D eigenvalue weighted by molar-refractivity contribution is -0.124. The summed E-state index contributed by atoms with van der Waals surface area (Å²) in [6.45, 7) is 4.30. The summed E-state index contributed by atoms with van der Waals surface area (Å²) in [7, 11) is 0. The molecule has 0 saturated heterocycles. The summed E-state index contributed by atoms with van der Waals surface area (Å²) >= 11 is 0. The Morgan fingerprint density at radius 2 is 2.25 bits per heavy atom. The molecule has 1 amide bonds. The average molecular weight is 272 g/mol. The molecule has 0 radical (unpaired) electrons. The summed E-state index contributed by atoms with van der Waals surface area (Å²) in [5.74, 6) is 0.327. The fraction of sp³-hybridized carbons (Fsp3) is 0.500. The minimum atomic E-state index is -0.127. The monoisotopic (exact) mass is 272 g/mol. The van der Waals surface area contributed by atoms with Gasteiger partial charge in [0.2, 0.25) is 0 Å². The first-order valence-electron chi connectivity index (χ1n) is 6.94. The van der Waals surface area contributed by atoms with Crippen molar-refractivity contribution in [2.24, 2.45) is 5.41 Å². The first kappa shape index (κ1) is 14.4. The Hall–Kier alpha value is -2.02. The second kappa shape index (κ2) is 5.96. The summed E-state index contributed by atoms with van der Waals surface area (Å²) in [6.07, 6.45) is 3.31. The molecule has 0 aromatic heterocycles. The number of hydrogen-bond acceptors (Lipinski definition) is 3. The van der Waals surface area contributed by atoms with Gasteiger partial charge in [-0.15, -0.1) is 0 Å². The summed E-state index contributed by atoms with van der Waals surface area (Å²) in [5, 5.41) is 12.0. The fourth-order valence-corrected chi connectivity index (χ4v) is 2.66. The van der Waals surface area contributed by atoms with E-state index in [0.717, 1.165) is 19.3 Å². The van der Waals surface area contributed by atoms with Crippen molar-refractivity contribution < 1.29 is 9.53 Å². The van der Waals surface area contributed by atoms with E-state index in [-0.39, 0.29) is 24.0 Å². The van der Waals surface area contributed by atoms with Gasteiger partial charge in [0.15, 0.2) is 6.61 Å². The van der Waals surface area contributed by atoms with E-state index in [1.807, 2.05) is 6.07 Å². The Morgan fingerprint density at radius 3 is 2.90 bits per heavy atom. The molecule has 1 unspecified atom stereocenters.